The average Bonchev–Trinajstić information content (AvgIpc) is 2.62. The quantitative estimate of drug-likeness (QED) is 0.697. The van der Waals surface area contributed by atoms with Gasteiger partial charge in [0, 0.05) is 23.7 Å². The number of amides is 1. The number of carbonyl (C=O) groups is 1. The summed E-state index contributed by atoms with van der Waals surface area (Å²) in [5.74, 6) is -0.0849. The van der Waals surface area contributed by atoms with Crippen LogP contribution < -0.4 is 10.9 Å². The molecule has 3 aromatic rings. The molecule has 0 saturated heterocycles. The molecule has 0 saturated carbocycles. The first-order chi connectivity index (χ1) is 13.2. The Balaban J connectivity index is 1.59. The van der Waals surface area contributed by atoms with E-state index in [1.165, 1.54) is 34.4 Å². The molecule has 0 fully saturated rings. The lowest BCUT2D eigenvalue weighted by Crippen LogP contribution is -2.17. The molecule has 146 valence electrons. The number of hydrogen-bond donors (Lipinski definition) is 1. The Morgan fingerprint density at radius 3 is 2.75 bits per heavy atom. The maximum Gasteiger partial charge on any atom is 0.416 e. The topological polar surface area (TPSA) is 63.5 Å². The van der Waals surface area contributed by atoms with Crippen LogP contribution in [-0.4, -0.2) is 21.0 Å². The Kier molecular flexibility index (Phi) is 5.73. The summed E-state index contributed by atoms with van der Waals surface area (Å²) < 4.78 is 39.6. The Morgan fingerprint density at radius 2 is 2.00 bits per heavy atom. The first kappa shape index (κ1) is 19.9. The first-order valence-electron chi connectivity index (χ1n) is 8.26. The van der Waals surface area contributed by atoms with E-state index in [4.69, 9.17) is 0 Å². The van der Waals surface area contributed by atoms with Gasteiger partial charge in [0.15, 0.2) is 0 Å². The third-order valence-electron chi connectivity index (χ3n) is 3.82. The van der Waals surface area contributed by atoms with Crippen molar-refractivity contribution >= 4 is 29.0 Å². The predicted octanol–water partition coefficient (Wildman–Crippen LogP) is 3.89. The van der Waals surface area contributed by atoms with E-state index in [0.29, 0.717) is 17.1 Å². The van der Waals surface area contributed by atoms with Crippen molar-refractivity contribution in [2.75, 3.05) is 11.1 Å². The van der Waals surface area contributed by atoms with E-state index in [9.17, 15) is 22.8 Å². The smallest absolute Gasteiger partial charge is 0.325 e. The maximum atomic E-state index is 12.7. The number of thioether (sulfide) groups is 1. The Morgan fingerprint density at radius 1 is 1.21 bits per heavy atom. The van der Waals surface area contributed by atoms with E-state index in [0.717, 1.165) is 17.7 Å². The molecule has 5 nitrogen and oxygen atoms in total. The van der Waals surface area contributed by atoms with Gasteiger partial charge in [-0.3, -0.25) is 14.0 Å². The summed E-state index contributed by atoms with van der Waals surface area (Å²) in [7, 11) is 0. The van der Waals surface area contributed by atoms with Crippen LogP contribution in [0.15, 0.2) is 53.5 Å². The van der Waals surface area contributed by atoms with Crippen LogP contribution in [0.4, 0.5) is 18.9 Å². The summed E-state index contributed by atoms with van der Waals surface area (Å²) in [6.07, 6.45) is -2.77. The van der Waals surface area contributed by atoms with Gasteiger partial charge in [-0.1, -0.05) is 12.1 Å². The van der Waals surface area contributed by atoms with Crippen molar-refractivity contribution in [2.45, 2.75) is 18.9 Å². The summed E-state index contributed by atoms with van der Waals surface area (Å²) in [5.41, 5.74) is 1.03. The predicted molar refractivity (Wildman–Crippen MR) is 102 cm³/mol. The van der Waals surface area contributed by atoms with Crippen molar-refractivity contribution < 1.29 is 18.0 Å². The second kappa shape index (κ2) is 8.05. The van der Waals surface area contributed by atoms with Crippen LogP contribution in [0.5, 0.6) is 0 Å². The molecule has 3 rings (SSSR count). The van der Waals surface area contributed by atoms with Gasteiger partial charge in [0.1, 0.15) is 5.65 Å². The van der Waals surface area contributed by atoms with Crippen LogP contribution in [0, 0.1) is 6.92 Å². The van der Waals surface area contributed by atoms with Gasteiger partial charge in [-0.2, -0.15) is 13.2 Å². The largest absolute Gasteiger partial charge is 0.416 e. The first-order valence-corrected chi connectivity index (χ1v) is 9.42. The number of pyridine rings is 1. The van der Waals surface area contributed by atoms with E-state index < -0.39 is 17.6 Å². The number of rotatable bonds is 5. The van der Waals surface area contributed by atoms with E-state index in [1.807, 2.05) is 13.0 Å². The fraction of sp³-hybridized carbons (Fsp3) is 0.211. The minimum Gasteiger partial charge on any atom is -0.325 e. The maximum absolute atomic E-state index is 12.7. The van der Waals surface area contributed by atoms with Gasteiger partial charge in [0.2, 0.25) is 5.91 Å². The van der Waals surface area contributed by atoms with Crippen molar-refractivity contribution in [3.63, 3.8) is 0 Å². The van der Waals surface area contributed by atoms with Gasteiger partial charge < -0.3 is 5.32 Å². The van der Waals surface area contributed by atoms with Crippen molar-refractivity contribution in [3.8, 4) is 0 Å². The lowest BCUT2D eigenvalue weighted by molar-refractivity contribution is -0.137. The van der Waals surface area contributed by atoms with Gasteiger partial charge in [-0.15, -0.1) is 11.8 Å². The number of fused-ring (bicyclic) bond motifs is 1. The summed E-state index contributed by atoms with van der Waals surface area (Å²) in [6.45, 7) is 1.87. The molecule has 1 N–H and O–H groups in total. The van der Waals surface area contributed by atoms with Crippen LogP contribution in [0.25, 0.3) is 5.65 Å². The number of nitrogens with zero attached hydrogens (tertiary/aromatic N) is 2. The highest BCUT2D eigenvalue weighted by Crippen LogP contribution is 2.30. The molecule has 1 aromatic carbocycles. The molecule has 0 spiro atoms. The fourth-order valence-electron chi connectivity index (χ4n) is 2.55. The van der Waals surface area contributed by atoms with Gasteiger partial charge in [-0.25, -0.2) is 4.98 Å². The Labute approximate surface area is 162 Å². The van der Waals surface area contributed by atoms with Gasteiger partial charge in [0.05, 0.1) is 17.0 Å². The SMILES string of the molecule is Cc1ccc2nc(CSCC(=O)Nc3cccc(C(F)(F)F)c3)cc(=O)n2c1. The molecule has 0 aliphatic heterocycles. The normalized spacial score (nSPS) is 11.6. The minimum absolute atomic E-state index is 0.0190. The lowest BCUT2D eigenvalue weighted by atomic mass is 10.2. The van der Waals surface area contributed by atoms with Gasteiger partial charge in [0.25, 0.3) is 5.56 Å². The van der Waals surface area contributed by atoms with Gasteiger partial charge >= 0.3 is 6.18 Å². The van der Waals surface area contributed by atoms with Crippen LogP contribution in [-0.2, 0) is 16.7 Å². The average molecular weight is 407 g/mol. The van der Waals surface area contributed by atoms with Crippen LogP contribution in [0.1, 0.15) is 16.8 Å². The third-order valence-corrected chi connectivity index (χ3v) is 4.78. The molecular weight excluding hydrogens is 391 g/mol. The number of hydrogen-bond acceptors (Lipinski definition) is 4. The molecule has 0 bridgehead atoms. The van der Waals surface area contributed by atoms with E-state index in [1.54, 1.807) is 12.3 Å². The number of anilines is 1. The molecule has 0 aliphatic carbocycles. The van der Waals surface area contributed by atoms with Crippen LogP contribution in [0.2, 0.25) is 0 Å². The highest BCUT2D eigenvalue weighted by molar-refractivity contribution is 7.99. The zero-order valence-electron chi connectivity index (χ0n) is 14.8. The van der Waals surface area contributed by atoms with Crippen molar-refractivity contribution in [3.05, 3.63) is 75.8 Å². The second-order valence-corrected chi connectivity index (χ2v) is 7.13. The highest BCUT2D eigenvalue weighted by atomic mass is 32.2. The Hall–Kier alpha value is -2.81. The third kappa shape index (κ3) is 4.92. The van der Waals surface area contributed by atoms with E-state index in [-0.39, 0.29) is 17.0 Å². The number of alkyl halides is 3. The molecule has 0 aliphatic rings. The number of halogens is 3. The van der Waals surface area contributed by atoms with Crippen molar-refractivity contribution in [1.29, 1.82) is 0 Å². The lowest BCUT2D eigenvalue weighted by Gasteiger charge is -2.10. The van der Waals surface area contributed by atoms with Crippen LogP contribution in [0.3, 0.4) is 0 Å². The Bertz CT molecular complexity index is 1080. The summed E-state index contributed by atoms with van der Waals surface area (Å²) in [4.78, 5) is 28.5. The summed E-state index contributed by atoms with van der Waals surface area (Å²) in [6, 6.07) is 9.45. The molecule has 1 amide bonds. The molecule has 0 unspecified atom stereocenters. The van der Waals surface area contributed by atoms with E-state index in [2.05, 4.69) is 10.3 Å². The molecule has 0 atom stereocenters. The number of aryl methyl sites for hydroxylation is 1. The number of aromatic nitrogens is 2. The summed E-state index contributed by atoms with van der Waals surface area (Å²) in [5, 5.41) is 2.44. The van der Waals surface area contributed by atoms with Gasteiger partial charge in [-0.05, 0) is 36.8 Å². The zero-order chi connectivity index (χ0) is 20.3. The number of benzene rings is 1. The zero-order valence-corrected chi connectivity index (χ0v) is 15.6. The fourth-order valence-corrected chi connectivity index (χ4v) is 3.27. The van der Waals surface area contributed by atoms with Crippen molar-refractivity contribution in [2.24, 2.45) is 0 Å². The molecule has 2 aromatic heterocycles. The molecular formula is C19H16F3N3O2S. The molecule has 9 heteroatoms. The highest BCUT2D eigenvalue weighted by Gasteiger charge is 2.30. The molecule has 28 heavy (non-hydrogen) atoms. The standard InChI is InChI=1S/C19H16F3N3O2S/c1-12-5-6-16-23-15(8-18(27)25(16)9-12)10-28-11-17(26)24-14-4-2-3-13(7-14)19(20,21)22/h2-9H,10-11H2,1H3,(H,24,26). The van der Waals surface area contributed by atoms with E-state index >= 15 is 0 Å². The number of nitrogens with one attached hydrogen (secondary N) is 1. The van der Waals surface area contributed by atoms with Crippen LogP contribution >= 0.6 is 11.8 Å². The molecule has 0 radical (unpaired) electrons. The summed E-state index contributed by atoms with van der Waals surface area (Å²) >= 11 is 1.22. The number of carbonyl (C=O) groups excluding carboxylic acids is 1. The second-order valence-electron chi connectivity index (χ2n) is 6.14. The minimum atomic E-state index is -4.47. The van der Waals surface area contributed by atoms with Crippen molar-refractivity contribution in [1.82, 2.24) is 9.38 Å². The monoisotopic (exact) mass is 407 g/mol. The molecule has 2 heterocycles.